The highest BCUT2D eigenvalue weighted by molar-refractivity contribution is 5.98. The SMILES string of the molecule is CC1C2CN(C)C[C@]12c1ccc(-c2cc(-c3cc(F)c4c(c3)CCNC4=O)c(N)nc2F)cc1. The number of rotatable bonds is 3. The second-order valence-electron chi connectivity index (χ2n) is 9.97. The number of nitrogens with one attached hydrogen (secondary N) is 1. The molecule has 3 N–H and O–H groups in total. The lowest BCUT2D eigenvalue weighted by molar-refractivity contribution is 0.0941. The third-order valence-corrected chi connectivity index (χ3v) is 8.14. The Bertz CT molecular complexity index is 1340. The number of hydrogen-bond donors (Lipinski definition) is 2. The molecule has 2 aliphatic heterocycles. The van der Waals surface area contributed by atoms with Gasteiger partial charge in [0.05, 0.1) is 5.56 Å². The highest BCUT2D eigenvalue weighted by atomic mass is 19.1. The zero-order valence-corrected chi connectivity index (χ0v) is 19.2. The van der Waals surface area contributed by atoms with Crippen LogP contribution in [0.4, 0.5) is 14.6 Å². The van der Waals surface area contributed by atoms with E-state index in [0.717, 1.165) is 13.1 Å². The molecule has 1 amide bonds. The fourth-order valence-electron chi connectivity index (χ4n) is 6.29. The monoisotopic (exact) mass is 460 g/mol. The van der Waals surface area contributed by atoms with E-state index in [9.17, 15) is 13.6 Å². The largest absolute Gasteiger partial charge is 0.383 e. The van der Waals surface area contributed by atoms with Crippen molar-refractivity contribution in [2.45, 2.75) is 18.8 Å². The van der Waals surface area contributed by atoms with Crippen LogP contribution in [-0.2, 0) is 11.8 Å². The van der Waals surface area contributed by atoms with E-state index >= 15 is 0 Å². The van der Waals surface area contributed by atoms with Crippen LogP contribution < -0.4 is 11.1 Å². The van der Waals surface area contributed by atoms with Crippen molar-refractivity contribution < 1.29 is 13.6 Å². The summed E-state index contributed by atoms with van der Waals surface area (Å²) in [5, 5.41) is 2.65. The minimum Gasteiger partial charge on any atom is -0.383 e. The number of anilines is 1. The van der Waals surface area contributed by atoms with Crippen LogP contribution in [0.15, 0.2) is 42.5 Å². The van der Waals surface area contributed by atoms with E-state index < -0.39 is 17.7 Å². The highest BCUT2D eigenvalue weighted by Gasteiger charge is 2.66. The molecular weight excluding hydrogens is 434 g/mol. The first-order valence-electron chi connectivity index (χ1n) is 11.7. The molecule has 2 unspecified atom stereocenters. The Kier molecular flexibility index (Phi) is 4.58. The summed E-state index contributed by atoms with van der Waals surface area (Å²) in [6.07, 6.45) is 0.519. The number of benzene rings is 2. The number of amides is 1. The molecule has 3 aromatic rings. The number of carbonyl (C=O) groups is 1. The molecule has 0 radical (unpaired) electrons. The van der Waals surface area contributed by atoms with E-state index in [0.29, 0.717) is 52.6 Å². The molecule has 3 aliphatic rings. The average Bonchev–Trinajstić information content (AvgIpc) is 3.16. The second kappa shape index (κ2) is 7.34. The number of pyridine rings is 1. The molecule has 1 saturated carbocycles. The van der Waals surface area contributed by atoms with Gasteiger partial charge in [0.15, 0.2) is 0 Å². The first kappa shape index (κ1) is 21.2. The fraction of sp³-hybridized carbons (Fsp3) is 0.333. The lowest BCUT2D eigenvalue weighted by atomic mass is 9.90. The Morgan fingerprint density at radius 1 is 1.12 bits per heavy atom. The second-order valence-corrected chi connectivity index (χ2v) is 9.97. The summed E-state index contributed by atoms with van der Waals surface area (Å²) in [5.41, 5.74) is 10.1. The number of carbonyl (C=O) groups excluding carboxylic acids is 1. The number of fused-ring (bicyclic) bond motifs is 2. The van der Waals surface area contributed by atoms with Gasteiger partial charge in [-0.05, 0) is 65.8 Å². The predicted molar refractivity (Wildman–Crippen MR) is 127 cm³/mol. The summed E-state index contributed by atoms with van der Waals surface area (Å²) in [6, 6.07) is 12.7. The lowest BCUT2D eigenvalue weighted by Gasteiger charge is -2.20. The van der Waals surface area contributed by atoms with Crippen molar-refractivity contribution in [1.29, 1.82) is 0 Å². The molecule has 3 heterocycles. The van der Waals surface area contributed by atoms with Crippen LogP contribution in [0, 0.1) is 23.6 Å². The van der Waals surface area contributed by atoms with Gasteiger partial charge < -0.3 is 16.0 Å². The summed E-state index contributed by atoms with van der Waals surface area (Å²) in [4.78, 5) is 18.4. The maximum atomic E-state index is 14.9. The third-order valence-electron chi connectivity index (χ3n) is 8.14. The van der Waals surface area contributed by atoms with E-state index in [1.54, 1.807) is 12.1 Å². The molecule has 5 nitrogen and oxygen atoms in total. The Morgan fingerprint density at radius 2 is 1.88 bits per heavy atom. The number of nitrogens with zero attached hydrogens (tertiary/aromatic N) is 2. The van der Waals surface area contributed by atoms with Gasteiger partial charge in [-0.25, -0.2) is 9.37 Å². The van der Waals surface area contributed by atoms with E-state index in [1.807, 2.05) is 12.1 Å². The van der Waals surface area contributed by atoms with Crippen LogP contribution in [0.25, 0.3) is 22.3 Å². The lowest BCUT2D eigenvalue weighted by Crippen LogP contribution is -2.32. The zero-order valence-electron chi connectivity index (χ0n) is 19.2. The van der Waals surface area contributed by atoms with Crippen LogP contribution in [-0.4, -0.2) is 42.5 Å². The van der Waals surface area contributed by atoms with Crippen molar-refractivity contribution in [1.82, 2.24) is 15.2 Å². The third kappa shape index (κ3) is 2.99. The van der Waals surface area contributed by atoms with Crippen molar-refractivity contribution in [3.05, 3.63) is 70.9 Å². The van der Waals surface area contributed by atoms with Crippen LogP contribution in [0.5, 0.6) is 0 Å². The summed E-state index contributed by atoms with van der Waals surface area (Å²) in [6.45, 7) is 4.91. The number of nitrogen functional groups attached to an aromatic ring is 1. The van der Waals surface area contributed by atoms with Crippen LogP contribution in [0.3, 0.4) is 0 Å². The van der Waals surface area contributed by atoms with Crippen LogP contribution in [0.2, 0.25) is 0 Å². The van der Waals surface area contributed by atoms with Gasteiger partial charge in [-0.1, -0.05) is 31.2 Å². The van der Waals surface area contributed by atoms with Gasteiger partial charge in [0.2, 0.25) is 5.95 Å². The molecule has 3 atom stereocenters. The van der Waals surface area contributed by atoms with Gasteiger partial charge in [-0.3, -0.25) is 4.79 Å². The number of hydrogen-bond acceptors (Lipinski definition) is 4. The molecule has 174 valence electrons. The summed E-state index contributed by atoms with van der Waals surface area (Å²) >= 11 is 0. The molecule has 1 aliphatic carbocycles. The standard InChI is InChI=1S/C27H26F2N4O/c1-14-21-12-33(2)13-27(14,21)18-5-3-15(4-6-18)19-11-20(25(30)32-24(19)29)17-9-16-7-8-31-26(34)23(16)22(28)10-17/h3-6,9-11,14,21H,7-8,12-13H2,1-2H3,(H2,30,32)(H,31,34)/t14?,21?,27-/m1/s1. The fourth-order valence-corrected chi connectivity index (χ4v) is 6.29. The molecule has 2 fully saturated rings. The van der Waals surface area contributed by atoms with Gasteiger partial charge in [-0.2, -0.15) is 4.39 Å². The van der Waals surface area contributed by atoms with Crippen molar-refractivity contribution in [2.75, 3.05) is 32.4 Å². The summed E-state index contributed by atoms with van der Waals surface area (Å²) < 4.78 is 29.7. The molecule has 1 saturated heterocycles. The Labute approximate surface area is 197 Å². The summed E-state index contributed by atoms with van der Waals surface area (Å²) in [7, 11) is 2.15. The number of aromatic nitrogens is 1. The minimum absolute atomic E-state index is 0.0139. The van der Waals surface area contributed by atoms with E-state index in [2.05, 4.69) is 41.3 Å². The van der Waals surface area contributed by atoms with E-state index in [1.165, 1.54) is 11.6 Å². The molecule has 0 spiro atoms. The molecular formula is C27H26F2N4O. The first-order valence-corrected chi connectivity index (χ1v) is 11.7. The van der Waals surface area contributed by atoms with E-state index in [4.69, 9.17) is 5.73 Å². The Balaban J connectivity index is 1.38. The Hall–Kier alpha value is -3.32. The van der Waals surface area contributed by atoms with Crippen LogP contribution >= 0.6 is 0 Å². The molecule has 1 aromatic heterocycles. The van der Waals surface area contributed by atoms with E-state index in [-0.39, 0.29) is 16.8 Å². The molecule has 6 rings (SSSR count). The number of halogens is 2. The maximum Gasteiger partial charge on any atom is 0.254 e. The van der Waals surface area contributed by atoms with Crippen molar-refractivity contribution >= 4 is 11.7 Å². The predicted octanol–water partition coefficient (Wildman–Crippen LogP) is 4.01. The van der Waals surface area contributed by atoms with Crippen LogP contribution in [0.1, 0.15) is 28.4 Å². The van der Waals surface area contributed by atoms with Gasteiger partial charge in [0.25, 0.3) is 5.91 Å². The zero-order chi connectivity index (χ0) is 23.8. The maximum absolute atomic E-state index is 14.9. The minimum atomic E-state index is -0.664. The Morgan fingerprint density at radius 3 is 2.62 bits per heavy atom. The van der Waals surface area contributed by atoms with Gasteiger partial charge in [0, 0.05) is 36.2 Å². The molecule has 7 heteroatoms. The smallest absolute Gasteiger partial charge is 0.254 e. The first-order chi connectivity index (χ1) is 16.3. The number of likely N-dealkylation sites (tertiary alicyclic amines) is 1. The number of likely N-dealkylation sites (N-methyl/N-ethyl adjacent to an activating group) is 1. The van der Waals surface area contributed by atoms with Gasteiger partial charge in [0.1, 0.15) is 11.6 Å². The van der Waals surface area contributed by atoms with Crippen molar-refractivity contribution in [3.63, 3.8) is 0 Å². The molecule has 0 bridgehead atoms. The average molecular weight is 461 g/mol. The highest BCUT2D eigenvalue weighted by Crippen LogP contribution is 2.63. The van der Waals surface area contributed by atoms with Gasteiger partial charge >= 0.3 is 0 Å². The topological polar surface area (TPSA) is 71.2 Å². The summed E-state index contributed by atoms with van der Waals surface area (Å²) in [5.74, 6) is -0.393. The van der Waals surface area contributed by atoms with Crippen molar-refractivity contribution in [3.8, 4) is 22.3 Å². The molecule has 34 heavy (non-hydrogen) atoms. The van der Waals surface area contributed by atoms with Crippen molar-refractivity contribution in [2.24, 2.45) is 11.8 Å². The normalized spacial score (nSPS) is 25.6. The number of nitrogens with two attached hydrogens (primary N) is 1. The molecule has 2 aromatic carbocycles. The van der Waals surface area contributed by atoms with Gasteiger partial charge in [-0.15, -0.1) is 0 Å². The number of piperidine rings is 1. The quantitative estimate of drug-likeness (QED) is 0.580.